The first-order valence-corrected chi connectivity index (χ1v) is 6.46. The summed E-state index contributed by atoms with van der Waals surface area (Å²) in [7, 11) is 0. The zero-order valence-corrected chi connectivity index (χ0v) is 11.7. The molecule has 0 fully saturated rings. The summed E-state index contributed by atoms with van der Waals surface area (Å²) in [6.07, 6.45) is 0.577. The molecular weight excluding hydrogens is 242 g/mol. The van der Waals surface area contributed by atoms with Crippen LogP contribution in [-0.2, 0) is 20.9 Å². The van der Waals surface area contributed by atoms with Gasteiger partial charge in [0.25, 0.3) is 0 Å². The van der Waals surface area contributed by atoms with Crippen molar-refractivity contribution < 1.29 is 14.3 Å². The highest BCUT2D eigenvalue weighted by Crippen LogP contribution is 2.08. The minimum absolute atomic E-state index is 0.220. The van der Waals surface area contributed by atoms with Crippen LogP contribution >= 0.6 is 0 Å². The number of benzene rings is 1. The van der Waals surface area contributed by atoms with Crippen LogP contribution < -0.4 is 5.32 Å². The largest absolute Gasteiger partial charge is 0.459 e. The second kappa shape index (κ2) is 7.56. The Balaban J connectivity index is 2.54. The summed E-state index contributed by atoms with van der Waals surface area (Å²) in [5, 5.41) is 2.63. The van der Waals surface area contributed by atoms with E-state index in [4.69, 9.17) is 4.74 Å². The Morgan fingerprint density at radius 1 is 1.21 bits per heavy atom. The molecule has 0 aliphatic carbocycles. The molecule has 0 radical (unpaired) electrons. The third-order valence-corrected chi connectivity index (χ3v) is 2.59. The molecule has 1 atom stereocenters. The van der Waals surface area contributed by atoms with Gasteiger partial charge >= 0.3 is 5.97 Å². The monoisotopic (exact) mass is 263 g/mol. The average molecular weight is 263 g/mol. The fourth-order valence-corrected chi connectivity index (χ4v) is 1.76. The van der Waals surface area contributed by atoms with Crippen LogP contribution in [0, 0.1) is 5.92 Å². The number of nitrogens with one attached hydrogen (secondary N) is 1. The van der Waals surface area contributed by atoms with E-state index in [-0.39, 0.29) is 18.5 Å². The van der Waals surface area contributed by atoms with Crippen LogP contribution in [0.25, 0.3) is 0 Å². The predicted octanol–water partition coefficient (Wildman–Crippen LogP) is 2.28. The molecule has 0 saturated heterocycles. The molecule has 19 heavy (non-hydrogen) atoms. The highest BCUT2D eigenvalue weighted by Gasteiger charge is 2.22. The Morgan fingerprint density at radius 3 is 2.37 bits per heavy atom. The first kappa shape index (κ1) is 15.2. The quantitative estimate of drug-likeness (QED) is 0.801. The minimum atomic E-state index is -0.568. The van der Waals surface area contributed by atoms with E-state index in [1.54, 1.807) is 0 Å². The number of carbonyl (C=O) groups is 2. The van der Waals surface area contributed by atoms with Crippen molar-refractivity contribution in [3.63, 3.8) is 0 Å². The van der Waals surface area contributed by atoms with Gasteiger partial charge in [-0.05, 0) is 17.9 Å². The van der Waals surface area contributed by atoms with Crippen LogP contribution in [0.2, 0.25) is 0 Å². The molecule has 1 aromatic carbocycles. The van der Waals surface area contributed by atoms with Crippen molar-refractivity contribution in [1.82, 2.24) is 5.32 Å². The summed E-state index contributed by atoms with van der Waals surface area (Å²) in [6.45, 7) is 5.63. The minimum Gasteiger partial charge on any atom is -0.459 e. The van der Waals surface area contributed by atoms with E-state index in [1.807, 2.05) is 44.2 Å². The van der Waals surface area contributed by atoms with Gasteiger partial charge in [0.1, 0.15) is 12.6 Å². The number of hydrogen-bond acceptors (Lipinski definition) is 3. The molecule has 1 unspecified atom stereocenters. The van der Waals surface area contributed by atoms with Gasteiger partial charge in [-0.15, -0.1) is 0 Å². The van der Waals surface area contributed by atoms with E-state index < -0.39 is 6.04 Å². The number of ether oxygens (including phenoxy) is 1. The van der Waals surface area contributed by atoms with Crippen LogP contribution in [0.1, 0.15) is 32.8 Å². The molecule has 1 N–H and O–H groups in total. The maximum atomic E-state index is 12.0. The van der Waals surface area contributed by atoms with Crippen LogP contribution in [-0.4, -0.2) is 17.9 Å². The molecule has 0 heterocycles. The molecule has 0 aliphatic heterocycles. The van der Waals surface area contributed by atoms with Gasteiger partial charge in [-0.3, -0.25) is 4.79 Å². The summed E-state index contributed by atoms with van der Waals surface area (Å²) in [5.74, 6) is -0.295. The smallest absolute Gasteiger partial charge is 0.328 e. The Bertz CT molecular complexity index is 415. The van der Waals surface area contributed by atoms with Crippen LogP contribution in [0.4, 0.5) is 0 Å². The lowest BCUT2D eigenvalue weighted by molar-refractivity contribution is -0.149. The van der Waals surface area contributed by atoms with Crippen molar-refractivity contribution in [3.8, 4) is 0 Å². The number of rotatable bonds is 6. The topological polar surface area (TPSA) is 55.4 Å². The van der Waals surface area contributed by atoms with Gasteiger partial charge < -0.3 is 10.1 Å². The lowest BCUT2D eigenvalue weighted by atomic mass is 10.0. The Labute approximate surface area is 114 Å². The van der Waals surface area contributed by atoms with Crippen LogP contribution in [0.5, 0.6) is 0 Å². The Hall–Kier alpha value is -1.84. The van der Waals surface area contributed by atoms with Crippen molar-refractivity contribution in [2.75, 3.05) is 0 Å². The fourth-order valence-electron chi connectivity index (χ4n) is 1.76. The number of amides is 1. The molecule has 0 saturated carbocycles. The zero-order valence-electron chi connectivity index (χ0n) is 11.7. The summed E-state index contributed by atoms with van der Waals surface area (Å²) in [4.78, 5) is 23.0. The highest BCUT2D eigenvalue weighted by atomic mass is 16.5. The second-order valence-electron chi connectivity index (χ2n) is 4.98. The predicted molar refractivity (Wildman–Crippen MR) is 73.3 cm³/mol. The van der Waals surface area contributed by atoms with Gasteiger partial charge in [0.05, 0.1) is 0 Å². The third kappa shape index (κ3) is 6.04. The molecule has 0 bridgehead atoms. The summed E-state index contributed by atoms with van der Waals surface area (Å²) in [6, 6.07) is 8.91. The van der Waals surface area contributed by atoms with E-state index in [0.29, 0.717) is 12.3 Å². The third-order valence-electron chi connectivity index (χ3n) is 2.59. The molecule has 0 spiro atoms. The van der Waals surface area contributed by atoms with E-state index in [0.717, 1.165) is 5.56 Å². The fraction of sp³-hybridized carbons (Fsp3) is 0.467. The lowest BCUT2D eigenvalue weighted by Gasteiger charge is -2.18. The summed E-state index contributed by atoms with van der Waals surface area (Å²) >= 11 is 0. The van der Waals surface area contributed by atoms with Gasteiger partial charge in [0.15, 0.2) is 0 Å². The zero-order chi connectivity index (χ0) is 14.3. The maximum Gasteiger partial charge on any atom is 0.328 e. The Kier molecular flexibility index (Phi) is 6.06. The molecule has 0 aromatic heterocycles. The molecule has 0 aliphatic rings. The molecule has 4 heteroatoms. The normalized spacial score (nSPS) is 12.0. The second-order valence-corrected chi connectivity index (χ2v) is 4.98. The van der Waals surface area contributed by atoms with E-state index in [2.05, 4.69) is 5.32 Å². The summed E-state index contributed by atoms with van der Waals surface area (Å²) < 4.78 is 5.24. The van der Waals surface area contributed by atoms with Gasteiger partial charge in [0.2, 0.25) is 5.91 Å². The van der Waals surface area contributed by atoms with E-state index in [9.17, 15) is 9.59 Å². The standard InChI is InChI=1S/C15H21NO3/c1-11(2)9-14(16-12(3)17)15(18)19-10-13-7-5-4-6-8-13/h4-8,11,14H,9-10H2,1-3H3,(H,16,17). The van der Waals surface area contributed by atoms with Gasteiger partial charge in [-0.2, -0.15) is 0 Å². The van der Waals surface area contributed by atoms with Gasteiger partial charge in [-0.25, -0.2) is 4.79 Å². The van der Waals surface area contributed by atoms with Crippen LogP contribution in [0.3, 0.4) is 0 Å². The van der Waals surface area contributed by atoms with Crippen molar-refractivity contribution in [1.29, 1.82) is 0 Å². The number of esters is 1. The first-order valence-electron chi connectivity index (χ1n) is 6.46. The highest BCUT2D eigenvalue weighted by molar-refractivity contribution is 5.83. The van der Waals surface area contributed by atoms with Crippen molar-refractivity contribution in [3.05, 3.63) is 35.9 Å². The molecule has 4 nitrogen and oxygen atoms in total. The van der Waals surface area contributed by atoms with Gasteiger partial charge in [-0.1, -0.05) is 44.2 Å². The molecule has 1 aromatic rings. The maximum absolute atomic E-state index is 12.0. The molecule has 104 valence electrons. The van der Waals surface area contributed by atoms with Crippen molar-refractivity contribution >= 4 is 11.9 Å². The lowest BCUT2D eigenvalue weighted by Crippen LogP contribution is -2.41. The Morgan fingerprint density at radius 2 is 1.84 bits per heavy atom. The average Bonchev–Trinajstić information content (AvgIpc) is 2.35. The van der Waals surface area contributed by atoms with Gasteiger partial charge in [0, 0.05) is 6.92 Å². The number of hydrogen-bond donors (Lipinski definition) is 1. The van der Waals surface area contributed by atoms with Crippen molar-refractivity contribution in [2.45, 2.75) is 39.8 Å². The summed E-state index contributed by atoms with van der Waals surface area (Å²) in [5.41, 5.74) is 0.932. The van der Waals surface area contributed by atoms with Crippen LogP contribution in [0.15, 0.2) is 30.3 Å². The SMILES string of the molecule is CC(=O)NC(CC(C)C)C(=O)OCc1ccccc1. The molecule has 1 rings (SSSR count). The molecule has 1 amide bonds. The van der Waals surface area contributed by atoms with E-state index in [1.165, 1.54) is 6.92 Å². The molecular formula is C15H21NO3. The first-order chi connectivity index (χ1) is 8.99. The number of carbonyl (C=O) groups excluding carboxylic acids is 2. The van der Waals surface area contributed by atoms with E-state index >= 15 is 0 Å². The van der Waals surface area contributed by atoms with Crippen molar-refractivity contribution in [2.24, 2.45) is 5.92 Å².